The third-order valence-corrected chi connectivity index (χ3v) is 4.71. The first-order valence-corrected chi connectivity index (χ1v) is 8.98. The van der Waals surface area contributed by atoms with Crippen molar-refractivity contribution in [1.82, 2.24) is 4.98 Å². The maximum absolute atomic E-state index is 5.83. The Morgan fingerprint density at radius 3 is 2.68 bits per heavy atom. The molecule has 1 fully saturated rings. The van der Waals surface area contributed by atoms with Crippen molar-refractivity contribution in [3.63, 3.8) is 0 Å². The number of aromatic nitrogens is 1. The van der Waals surface area contributed by atoms with Crippen LogP contribution < -0.4 is 5.32 Å². The number of benzene rings is 1. The molecule has 0 amide bonds. The molecule has 0 saturated carbocycles. The summed E-state index contributed by atoms with van der Waals surface area (Å²) in [6.45, 7) is 2.96. The smallest absolute Gasteiger partial charge is 0.126 e. The van der Waals surface area contributed by atoms with Gasteiger partial charge in [-0.2, -0.15) is 0 Å². The average molecular weight is 314 g/mol. The fourth-order valence-electron chi connectivity index (χ4n) is 2.71. The standard InChI is InChI=1S/C18H22N2OS/c1-13-6-9-15(21-13)12-19-18-5-3-4-17(20-18)14-7-10-16(22-2)11-8-14/h3-5,7-8,10-11,13,15H,6,9,12H2,1-2H3,(H,19,20). The summed E-state index contributed by atoms with van der Waals surface area (Å²) in [5.41, 5.74) is 2.14. The number of anilines is 1. The second-order valence-corrected chi connectivity index (χ2v) is 6.54. The van der Waals surface area contributed by atoms with Crippen LogP contribution in [-0.2, 0) is 4.74 Å². The molecule has 1 aliphatic rings. The molecule has 2 atom stereocenters. The number of ether oxygens (including phenoxy) is 1. The van der Waals surface area contributed by atoms with Gasteiger partial charge >= 0.3 is 0 Å². The fourth-order valence-corrected chi connectivity index (χ4v) is 3.12. The number of hydrogen-bond donors (Lipinski definition) is 1. The summed E-state index contributed by atoms with van der Waals surface area (Å²) in [6, 6.07) is 14.6. The van der Waals surface area contributed by atoms with Gasteiger partial charge in [-0.05, 0) is 50.3 Å². The lowest BCUT2D eigenvalue weighted by molar-refractivity contribution is 0.0636. The normalized spacial score (nSPS) is 21.0. The van der Waals surface area contributed by atoms with Gasteiger partial charge in [-0.3, -0.25) is 0 Å². The average Bonchev–Trinajstić information content (AvgIpc) is 2.99. The molecule has 0 radical (unpaired) electrons. The minimum Gasteiger partial charge on any atom is -0.373 e. The Hall–Kier alpha value is -1.52. The molecule has 2 aromatic rings. The molecule has 1 saturated heterocycles. The molecule has 0 bridgehead atoms. The maximum atomic E-state index is 5.83. The van der Waals surface area contributed by atoms with Crippen LogP contribution in [-0.4, -0.2) is 30.0 Å². The van der Waals surface area contributed by atoms with Crippen LogP contribution in [0.4, 0.5) is 5.82 Å². The van der Waals surface area contributed by atoms with E-state index in [4.69, 9.17) is 9.72 Å². The van der Waals surface area contributed by atoms with Crippen LogP contribution in [0.3, 0.4) is 0 Å². The van der Waals surface area contributed by atoms with Crippen LogP contribution in [0.25, 0.3) is 11.3 Å². The number of rotatable bonds is 5. The molecule has 22 heavy (non-hydrogen) atoms. The SMILES string of the molecule is CSc1ccc(-c2cccc(NCC3CCC(C)O3)n2)cc1. The molecule has 1 N–H and O–H groups in total. The zero-order valence-corrected chi connectivity index (χ0v) is 13.9. The molecule has 2 unspecified atom stereocenters. The van der Waals surface area contributed by atoms with Gasteiger partial charge in [0.2, 0.25) is 0 Å². The van der Waals surface area contributed by atoms with Crippen molar-refractivity contribution in [1.29, 1.82) is 0 Å². The zero-order chi connectivity index (χ0) is 15.4. The Balaban J connectivity index is 1.66. The molecule has 0 aliphatic carbocycles. The molecule has 2 heterocycles. The molecule has 4 heteroatoms. The van der Waals surface area contributed by atoms with Gasteiger partial charge in [0, 0.05) is 17.0 Å². The summed E-state index contributed by atoms with van der Waals surface area (Å²) in [7, 11) is 0. The minimum atomic E-state index is 0.307. The van der Waals surface area contributed by atoms with Gasteiger partial charge in [0.15, 0.2) is 0 Å². The van der Waals surface area contributed by atoms with Gasteiger partial charge in [0.1, 0.15) is 5.82 Å². The molecule has 1 aromatic carbocycles. The molecular formula is C18H22N2OS. The minimum absolute atomic E-state index is 0.307. The van der Waals surface area contributed by atoms with Crippen LogP contribution in [0.5, 0.6) is 0 Å². The van der Waals surface area contributed by atoms with Crippen LogP contribution >= 0.6 is 11.8 Å². The maximum Gasteiger partial charge on any atom is 0.126 e. The van der Waals surface area contributed by atoms with Gasteiger partial charge < -0.3 is 10.1 Å². The predicted molar refractivity (Wildman–Crippen MR) is 93.5 cm³/mol. The summed E-state index contributed by atoms with van der Waals surface area (Å²) < 4.78 is 5.83. The number of nitrogens with one attached hydrogen (secondary N) is 1. The zero-order valence-electron chi connectivity index (χ0n) is 13.1. The van der Waals surface area contributed by atoms with Gasteiger partial charge in [0.25, 0.3) is 0 Å². The first kappa shape index (κ1) is 15.4. The lowest BCUT2D eigenvalue weighted by Gasteiger charge is -2.13. The Bertz CT molecular complexity index is 615. The van der Waals surface area contributed by atoms with Crippen molar-refractivity contribution >= 4 is 17.6 Å². The van der Waals surface area contributed by atoms with E-state index in [-0.39, 0.29) is 0 Å². The van der Waals surface area contributed by atoms with E-state index in [0.717, 1.165) is 36.5 Å². The first-order chi connectivity index (χ1) is 10.7. The van der Waals surface area contributed by atoms with E-state index >= 15 is 0 Å². The number of hydrogen-bond acceptors (Lipinski definition) is 4. The quantitative estimate of drug-likeness (QED) is 0.827. The molecule has 0 spiro atoms. The second-order valence-electron chi connectivity index (χ2n) is 5.66. The lowest BCUT2D eigenvalue weighted by Crippen LogP contribution is -2.20. The highest BCUT2D eigenvalue weighted by Gasteiger charge is 2.21. The number of pyridine rings is 1. The Morgan fingerprint density at radius 2 is 2.00 bits per heavy atom. The van der Waals surface area contributed by atoms with Crippen LogP contribution in [0, 0.1) is 0 Å². The third-order valence-electron chi connectivity index (χ3n) is 3.97. The third kappa shape index (κ3) is 3.81. The first-order valence-electron chi connectivity index (χ1n) is 7.75. The van der Waals surface area contributed by atoms with Crippen LogP contribution in [0.2, 0.25) is 0 Å². The highest BCUT2D eigenvalue weighted by Crippen LogP contribution is 2.23. The van der Waals surface area contributed by atoms with E-state index < -0.39 is 0 Å². The van der Waals surface area contributed by atoms with Crippen molar-refractivity contribution in [2.75, 3.05) is 18.1 Å². The van der Waals surface area contributed by atoms with Gasteiger partial charge in [-0.1, -0.05) is 18.2 Å². The van der Waals surface area contributed by atoms with Crippen molar-refractivity contribution in [3.05, 3.63) is 42.5 Å². The molecule has 116 valence electrons. The Kier molecular flexibility index (Phi) is 5.01. The van der Waals surface area contributed by atoms with Crippen LogP contribution in [0.1, 0.15) is 19.8 Å². The number of nitrogens with zero attached hydrogens (tertiary/aromatic N) is 1. The topological polar surface area (TPSA) is 34.1 Å². The van der Waals surface area contributed by atoms with E-state index in [9.17, 15) is 0 Å². The van der Waals surface area contributed by atoms with Crippen molar-refractivity contribution in [3.8, 4) is 11.3 Å². The van der Waals surface area contributed by atoms with Crippen molar-refractivity contribution in [2.24, 2.45) is 0 Å². The van der Waals surface area contributed by atoms with Gasteiger partial charge in [-0.15, -0.1) is 11.8 Å². The predicted octanol–water partition coefficient (Wildman–Crippen LogP) is 4.45. The molecular weight excluding hydrogens is 292 g/mol. The molecule has 3 nitrogen and oxygen atoms in total. The van der Waals surface area contributed by atoms with E-state index in [1.807, 2.05) is 18.2 Å². The van der Waals surface area contributed by atoms with Crippen LogP contribution in [0.15, 0.2) is 47.4 Å². The summed E-state index contributed by atoms with van der Waals surface area (Å²) >= 11 is 1.75. The molecule has 1 aromatic heterocycles. The van der Waals surface area contributed by atoms with Gasteiger partial charge in [-0.25, -0.2) is 4.98 Å². The highest BCUT2D eigenvalue weighted by molar-refractivity contribution is 7.98. The van der Waals surface area contributed by atoms with Crippen molar-refractivity contribution in [2.45, 2.75) is 36.9 Å². The van der Waals surface area contributed by atoms with E-state index in [1.54, 1.807) is 11.8 Å². The highest BCUT2D eigenvalue weighted by atomic mass is 32.2. The van der Waals surface area contributed by atoms with E-state index in [1.165, 1.54) is 4.90 Å². The Morgan fingerprint density at radius 1 is 1.18 bits per heavy atom. The summed E-state index contributed by atoms with van der Waals surface area (Å²) in [5, 5.41) is 3.40. The lowest BCUT2D eigenvalue weighted by atomic mass is 10.1. The summed E-state index contributed by atoms with van der Waals surface area (Å²) in [6.07, 6.45) is 5.07. The molecule has 1 aliphatic heterocycles. The summed E-state index contributed by atoms with van der Waals surface area (Å²) in [5.74, 6) is 0.912. The van der Waals surface area contributed by atoms with Gasteiger partial charge in [0.05, 0.1) is 17.9 Å². The number of thioether (sulfide) groups is 1. The monoisotopic (exact) mass is 314 g/mol. The summed E-state index contributed by atoms with van der Waals surface area (Å²) in [4.78, 5) is 5.97. The largest absolute Gasteiger partial charge is 0.373 e. The molecule has 3 rings (SSSR count). The Labute approximate surface area is 136 Å². The second kappa shape index (κ2) is 7.16. The van der Waals surface area contributed by atoms with E-state index in [0.29, 0.717) is 12.2 Å². The van der Waals surface area contributed by atoms with Crippen molar-refractivity contribution < 1.29 is 4.74 Å². The fraction of sp³-hybridized carbons (Fsp3) is 0.389. The van der Waals surface area contributed by atoms with E-state index in [2.05, 4.69) is 42.8 Å².